The van der Waals surface area contributed by atoms with Gasteiger partial charge in [0.1, 0.15) is 11.6 Å². The van der Waals surface area contributed by atoms with E-state index in [9.17, 15) is 0 Å². The molecule has 0 aromatic carbocycles. The second kappa shape index (κ2) is 7.57. The molecule has 140 valence electrons. The third-order valence-electron chi connectivity index (χ3n) is 5.14. The zero-order valence-corrected chi connectivity index (χ0v) is 15.6. The Morgan fingerprint density at radius 2 is 2.00 bits per heavy atom. The molecule has 0 aliphatic carbocycles. The summed E-state index contributed by atoms with van der Waals surface area (Å²) in [5, 5.41) is 7.34. The zero-order valence-electron chi connectivity index (χ0n) is 15.6. The van der Waals surface area contributed by atoms with Crippen molar-refractivity contribution in [2.75, 3.05) is 49.2 Å². The van der Waals surface area contributed by atoms with Gasteiger partial charge in [0.25, 0.3) is 0 Å². The minimum Gasteiger partial charge on any atom is -0.378 e. The number of piperidine rings is 1. The third-order valence-corrected chi connectivity index (χ3v) is 5.14. The van der Waals surface area contributed by atoms with Crippen LogP contribution >= 0.6 is 0 Å². The van der Waals surface area contributed by atoms with Crippen LogP contribution in [0.3, 0.4) is 0 Å². The van der Waals surface area contributed by atoms with Gasteiger partial charge in [0.05, 0.1) is 13.2 Å². The lowest BCUT2D eigenvalue weighted by Crippen LogP contribution is -2.39. The van der Waals surface area contributed by atoms with Crippen molar-refractivity contribution >= 4 is 11.8 Å². The summed E-state index contributed by atoms with van der Waals surface area (Å²) < 4.78 is 5.46. The van der Waals surface area contributed by atoms with Crippen molar-refractivity contribution in [3.63, 3.8) is 0 Å². The summed E-state index contributed by atoms with van der Waals surface area (Å²) in [6.45, 7) is 9.20. The maximum absolute atomic E-state index is 5.46. The van der Waals surface area contributed by atoms with Crippen molar-refractivity contribution < 1.29 is 4.74 Å². The lowest BCUT2D eigenvalue weighted by atomic mass is 9.97. The standard InChI is InChI=1S/C18H27N7O/c1-3-15-11-16(21-18(20-15)24-7-9-26-10-8-24)25-6-4-5-14(12-25)17-19-13(2)22-23-17/h11,14H,3-10,12H2,1-2H3,(H,19,22,23). The molecule has 0 radical (unpaired) electrons. The molecule has 4 heterocycles. The minimum atomic E-state index is 0.348. The Morgan fingerprint density at radius 1 is 1.15 bits per heavy atom. The van der Waals surface area contributed by atoms with Crippen LogP contribution in [-0.4, -0.2) is 64.5 Å². The molecule has 0 bridgehead atoms. The number of rotatable bonds is 4. The van der Waals surface area contributed by atoms with Crippen LogP contribution in [0.4, 0.5) is 11.8 Å². The van der Waals surface area contributed by atoms with Crippen molar-refractivity contribution in [1.29, 1.82) is 0 Å². The van der Waals surface area contributed by atoms with E-state index in [0.717, 1.165) is 87.8 Å². The predicted octanol–water partition coefficient (Wildman–Crippen LogP) is 1.69. The molecule has 2 aromatic rings. The van der Waals surface area contributed by atoms with Gasteiger partial charge >= 0.3 is 0 Å². The number of morpholine rings is 1. The Kier molecular flexibility index (Phi) is 5.01. The molecule has 4 rings (SSSR count). The maximum atomic E-state index is 5.46. The Morgan fingerprint density at radius 3 is 2.73 bits per heavy atom. The quantitative estimate of drug-likeness (QED) is 0.891. The van der Waals surface area contributed by atoms with E-state index in [2.05, 4.69) is 38.0 Å². The first kappa shape index (κ1) is 17.2. The molecule has 0 amide bonds. The van der Waals surface area contributed by atoms with Gasteiger partial charge in [0.2, 0.25) is 5.95 Å². The van der Waals surface area contributed by atoms with E-state index >= 15 is 0 Å². The predicted molar refractivity (Wildman–Crippen MR) is 99.7 cm³/mol. The molecule has 2 aromatic heterocycles. The highest BCUT2D eigenvalue weighted by Gasteiger charge is 2.26. The number of aryl methyl sites for hydroxylation is 2. The molecule has 1 unspecified atom stereocenters. The summed E-state index contributed by atoms with van der Waals surface area (Å²) >= 11 is 0. The molecule has 0 spiro atoms. The summed E-state index contributed by atoms with van der Waals surface area (Å²) in [6.07, 6.45) is 3.15. The molecule has 2 aliphatic heterocycles. The lowest BCUT2D eigenvalue weighted by Gasteiger charge is -2.33. The molecule has 8 heteroatoms. The van der Waals surface area contributed by atoms with Gasteiger partial charge in [-0.15, -0.1) is 0 Å². The van der Waals surface area contributed by atoms with E-state index in [1.165, 1.54) is 0 Å². The Balaban J connectivity index is 1.57. The van der Waals surface area contributed by atoms with Crippen LogP contribution in [0, 0.1) is 6.92 Å². The zero-order chi connectivity index (χ0) is 17.9. The van der Waals surface area contributed by atoms with Crippen LogP contribution in [-0.2, 0) is 11.2 Å². The average molecular weight is 357 g/mol. The lowest BCUT2D eigenvalue weighted by molar-refractivity contribution is 0.122. The van der Waals surface area contributed by atoms with Crippen LogP contribution in [0.15, 0.2) is 6.07 Å². The van der Waals surface area contributed by atoms with Gasteiger partial charge in [-0.05, 0) is 26.2 Å². The topological polar surface area (TPSA) is 83.1 Å². The number of nitrogens with zero attached hydrogens (tertiary/aromatic N) is 6. The Bertz CT molecular complexity index is 741. The summed E-state index contributed by atoms with van der Waals surface area (Å²) in [6, 6.07) is 2.13. The summed E-state index contributed by atoms with van der Waals surface area (Å²) in [5.41, 5.74) is 1.09. The van der Waals surface area contributed by atoms with Gasteiger partial charge in [-0.3, -0.25) is 5.10 Å². The normalized spacial score (nSPS) is 21.2. The van der Waals surface area contributed by atoms with E-state index in [-0.39, 0.29) is 0 Å². The molecule has 2 saturated heterocycles. The van der Waals surface area contributed by atoms with Gasteiger partial charge in [0.15, 0.2) is 5.82 Å². The first-order chi connectivity index (χ1) is 12.7. The summed E-state index contributed by atoms with van der Waals surface area (Å²) in [4.78, 5) is 18.8. The third kappa shape index (κ3) is 3.65. The molecule has 1 N–H and O–H groups in total. The highest BCUT2D eigenvalue weighted by molar-refractivity contribution is 5.47. The maximum Gasteiger partial charge on any atom is 0.227 e. The molecule has 0 saturated carbocycles. The Labute approximate surface area is 154 Å². The fourth-order valence-electron chi connectivity index (χ4n) is 3.66. The van der Waals surface area contributed by atoms with Gasteiger partial charge in [0, 0.05) is 43.9 Å². The van der Waals surface area contributed by atoms with Gasteiger partial charge in [-0.25, -0.2) is 9.97 Å². The second-order valence-corrected chi connectivity index (χ2v) is 7.03. The minimum absolute atomic E-state index is 0.348. The van der Waals surface area contributed by atoms with Crippen molar-refractivity contribution in [1.82, 2.24) is 25.1 Å². The van der Waals surface area contributed by atoms with Crippen LogP contribution in [0.2, 0.25) is 0 Å². The SMILES string of the molecule is CCc1cc(N2CCCC(c3n[nH]c(C)n3)C2)nc(N2CCOCC2)n1. The average Bonchev–Trinajstić information content (AvgIpc) is 3.15. The highest BCUT2D eigenvalue weighted by atomic mass is 16.5. The van der Waals surface area contributed by atoms with Crippen LogP contribution in [0.25, 0.3) is 0 Å². The van der Waals surface area contributed by atoms with Gasteiger partial charge in [-0.1, -0.05) is 6.92 Å². The molecule has 26 heavy (non-hydrogen) atoms. The van der Waals surface area contributed by atoms with Gasteiger partial charge < -0.3 is 14.5 Å². The smallest absolute Gasteiger partial charge is 0.227 e. The molecular weight excluding hydrogens is 330 g/mol. The number of nitrogens with one attached hydrogen (secondary N) is 1. The number of hydrogen-bond donors (Lipinski definition) is 1. The molecule has 8 nitrogen and oxygen atoms in total. The second-order valence-electron chi connectivity index (χ2n) is 7.03. The van der Waals surface area contributed by atoms with Gasteiger partial charge in [-0.2, -0.15) is 10.1 Å². The first-order valence-electron chi connectivity index (χ1n) is 9.57. The Hall–Kier alpha value is -2.22. The number of ether oxygens (including phenoxy) is 1. The van der Waals surface area contributed by atoms with Crippen molar-refractivity contribution in [2.45, 2.75) is 39.0 Å². The molecule has 2 fully saturated rings. The molecule has 1 atom stereocenters. The molecular formula is C18H27N7O. The summed E-state index contributed by atoms with van der Waals surface area (Å²) in [5.74, 6) is 4.00. The van der Waals surface area contributed by atoms with Crippen LogP contribution in [0.5, 0.6) is 0 Å². The van der Waals surface area contributed by atoms with Crippen molar-refractivity contribution in [3.05, 3.63) is 23.4 Å². The monoisotopic (exact) mass is 357 g/mol. The number of aromatic nitrogens is 5. The number of anilines is 2. The van der Waals surface area contributed by atoms with E-state index in [4.69, 9.17) is 14.7 Å². The largest absolute Gasteiger partial charge is 0.378 e. The van der Waals surface area contributed by atoms with Crippen LogP contribution in [0.1, 0.15) is 43.0 Å². The first-order valence-corrected chi connectivity index (χ1v) is 9.57. The number of aromatic amines is 1. The van der Waals surface area contributed by atoms with E-state index in [1.807, 2.05) is 6.92 Å². The van der Waals surface area contributed by atoms with Crippen molar-refractivity contribution in [3.8, 4) is 0 Å². The van der Waals surface area contributed by atoms with E-state index < -0.39 is 0 Å². The fraction of sp³-hybridized carbons (Fsp3) is 0.667. The van der Waals surface area contributed by atoms with E-state index in [0.29, 0.717) is 5.92 Å². The van der Waals surface area contributed by atoms with Crippen molar-refractivity contribution in [2.24, 2.45) is 0 Å². The van der Waals surface area contributed by atoms with E-state index in [1.54, 1.807) is 0 Å². The number of H-pyrrole nitrogens is 1. The number of hydrogen-bond acceptors (Lipinski definition) is 7. The highest BCUT2D eigenvalue weighted by Crippen LogP contribution is 2.28. The molecule has 2 aliphatic rings. The fourth-order valence-corrected chi connectivity index (χ4v) is 3.66. The van der Waals surface area contributed by atoms with Crippen LogP contribution < -0.4 is 9.80 Å². The summed E-state index contributed by atoms with van der Waals surface area (Å²) in [7, 11) is 0.